The van der Waals surface area contributed by atoms with Crippen molar-refractivity contribution < 1.29 is 14.1 Å². The maximum atomic E-state index is 12.4. The van der Waals surface area contributed by atoms with Crippen LogP contribution in [0.4, 0.5) is 0 Å². The molecule has 0 aliphatic heterocycles. The summed E-state index contributed by atoms with van der Waals surface area (Å²) in [5.41, 5.74) is 3.15. The topological polar surface area (TPSA) is 95.1 Å². The first-order valence-corrected chi connectivity index (χ1v) is 9.91. The summed E-state index contributed by atoms with van der Waals surface area (Å²) >= 11 is 3.42. The van der Waals surface area contributed by atoms with E-state index in [1.807, 2.05) is 55.5 Å². The van der Waals surface area contributed by atoms with Gasteiger partial charge in [0.15, 0.2) is 0 Å². The summed E-state index contributed by atoms with van der Waals surface area (Å²) in [4.78, 5) is 16.7. The maximum absolute atomic E-state index is 12.4. The molecule has 0 radical (unpaired) electrons. The lowest BCUT2D eigenvalue weighted by Crippen LogP contribution is -2.23. The van der Waals surface area contributed by atoms with Gasteiger partial charge in [-0.25, -0.2) is 4.68 Å². The van der Waals surface area contributed by atoms with E-state index < -0.39 is 5.91 Å². The average molecular weight is 468 g/mol. The standard InChI is InChI=1S/C21H18BrN5O3/c1-13-17(12-27(25-13)16-9-7-15(22)8-10-16)19-24-21(30-26-19)20(28)23-11-14-5-3-4-6-18(14)29-2/h3-10,12H,11H2,1-2H3,(H,23,28). The van der Waals surface area contributed by atoms with Gasteiger partial charge in [-0.3, -0.25) is 4.79 Å². The van der Waals surface area contributed by atoms with Gasteiger partial charge < -0.3 is 14.6 Å². The first kappa shape index (κ1) is 19.8. The van der Waals surface area contributed by atoms with E-state index in [2.05, 4.69) is 36.5 Å². The second kappa shape index (κ2) is 8.50. The van der Waals surface area contributed by atoms with Crippen LogP contribution < -0.4 is 10.1 Å². The van der Waals surface area contributed by atoms with E-state index in [-0.39, 0.29) is 12.4 Å². The number of methoxy groups -OCH3 is 1. The number of carbonyl (C=O) groups excluding carboxylic acids is 1. The van der Waals surface area contributed by atoms with Crippen LogP contribution in [0.25, 0.3) is 17.1 Å². The Bertz CT molecular complexity index is 1180. The number of nitrogens with zero attached hydrogens (tertiary/aromatic N) is 4. The molecule has 0 fully saturated rings. The molecule has 0 unspecified atom stereocenters. The SMILES string of the molecule is COc1ccccc1CNC(=O)c1nc(-c2cn(-c3ccc(Br)cc3)nc2C)no1. The highest BCUT2D eigenvalue weighted by atomic mass is 79.9. The molecule has 9 heteroatoms. The predicted molar refractivity (Wildman–Crippen MR) is 113 cm³/mol. The zero-order valence-corrected chi connectivity index (χ0v) is 17.9. The van der Waals surface area contributed by atoms with Crippen LogP contribution in [0.1, 0.15) is 21.9 Å². The number of aromatic nitrogens is 4. The molecule has 4 rings (SSSR count). The Morgan fingerprint density at radius 1 is 1.20 bits per heavy atom. The number of hydrogen-bond donors (Lipinski definition) is 1. The molecule has 4 aromatic rings. The van der Waals surface area contributed by atoms with E-state index in [1.54, 1.807) is 18.0 Å². The second-order valence-electron chi connectivity index (χ2n) is 6.47. The summed E-state index contributed by atoms with van der Waals surface area (Å²) in [7, 11) is 1.59. The van der Waals surface area contributed by atoms with Gasteiger partial charge in [0.2, 0.25) is 5.82 Å². The van der Waals surface area contributed by atoms with Gasteiger partial charge in [0.1, 0.15) is 5.75 Å². The van der Waals surface area contributed by atoms with Crippen LogP contribution >= 0.6 is 15.9 Å². The Labute approximate surface area is 181 Å². The normalized spacial score (nSPS) is 10.8. The molecule has 1 N–H and O–H groups in total. The van der Waals surface area contributed by atoms with Crippen molar-refractivity contribution >= 4 is 21.8 Å². The van der Waals surface area contributed by atoms with Gasteiger partial charge in [-0.2, -0.15) is 10.1 Å². The van der Waals surface area contributed by atoms with Gasteiger partial charge in [-0.15, -0.1) is 0 Å². The zero-order chi connectivity index (χ0) is 21.1. The van der Waals surface area contributed by atoms with Crippen LogP contribution in [-0.4, -0.2) is 32.9 Å². The number of nitrogens with one attached hydrogen (secondary N) is 1. The van der Waals surface area contributed by atoms with E-state index in [0.29, 0.717) is 17.1 Å². The third-order valence-electron chi connectivity index (χ3n) is 4.48. The molecule has 0 atom stereocenters. The Kier molecular flexibility index (Phi) is 5.62. The van der Waals surface area contributed by atoms with Gasteiger partial charge in [0.05, 0.1) is 24.1 Å². The van der Waals surface area contributed by atoms with Crippen LogP contribution in [0.2, 0.25) is 0 Å². The molecule has 0 aliphatic carbocycles. The average Bonchev–Trinajstić information content (AvgIpc) is 3.39. The van der Waals surface area contributed by atoms with Gasteiger partial charge in [0, 0.05) is 22.8 Å². The number of aryl methyl sites for hydroxylation is 1. The minimum Gasteiger partial charge on any atom is -0.496 e. The fraction of sp³-hybridized carbons (Fsp3) is 0.143. The van der Waals surface area contributed by atoms with Crippen molar-refractivity contribution in [1.82, 2.24) is 25.2 Å². The zero-order valence-electron chi connectivity index (χ0n) is 16.3. The summed E-state index contributed by atoms with van der Waals surface area (Å²) in [6.07, 6.45) is 1.81. The third kappa shape index (κ3) is 4.11. The van der Waals surface area contributed by atoms with E-state index in [1.165, 1.54) is 0 Å². The Morgan fingerprint density at radius 2 is 1.97 bits per heavy atom. The van der Waals surface area contributed by atoms with E-state index in [4.69, 9.17) is 9.26 Å². The molecule has 0 spiro atoms. The minimum atomic E-state index is -0.461. The van der Waals surface area contributed by atoms with E-state index in [0.717, 1.165) is 21.4 Å². The van der Waals surface area contributed by atoms with Crippen LogP contribution in [0.15, 0.2) is 63.7 Å². The van der Waals surface area contributed by atoms with Crippen LogP contribution in [0.5, 0.6) is 5.75 Å². The molecule has 8 nitrogen and oxygen atoms in total. The van der Waals surface area contributed by atoms with Gasteiger partial charge in [0.25, 0.3) is 0 Å². The van der Waals surface area contributed by atoms with Gasteiger partial charge in [-0.1, -0.05) is 39.3 Å². The van der Waals surface area contributed by atoms with Crippen molar-refractivity contribution in [2.45, 2.75) is 13.5 Å². The number of rotatable bonds is 6. The van der Waals surface area contributed by atoms with Crippen LogP contribution in [0.3, 0.4) is 0 Å². The molecule has 2 heterocycles. The lowest BCUT2D eigenvalue weighted by Gasteiger charge is -2.07. The molecule has 0 saturated heterocycles. The summed E-state index contributed by atoms with van der Waals surface area (Å²) in [5.74, 6) is 0.423. The van der Waals surface area contributed by atoms with E-state index >= 15 is 0 Å². The lowest BCUT2D eigenvalue weighted by molar-refractivity contribution is 0.0906. The first-order valence-electron chi connectivity index (χ1n) is 9.11. The summed E-state index contributed by atoms with van der Waals surface area (Å²) in [5, 5.41) is 11.2. The lowest BCUT2D eigenvalue weighted by atomic mass is 10.2. The van der Waals surface area contributed by atoms with Crippen molar-refractivity contribution in [3.63, 3.8) is 0 Å². The Balaban J connectivity index is 1.50. The minimum absolute atomic E-state index is 0.115. The van der Waals surface area contributed by atoms with Crippen molar-refractivity contribution in [3.8, 4) is 22.8 Å². The number of halogens is 1. The highest BCUT2D eigenvalue weighted by Gasteiger charge is 2.19. The fourth-order valence-electron chi connectivity index (χ4n) is 2.93. The third-order valence-corrected chi connectivity index (χ3v) is 5.01. The second-order valence-corrected chi connectivity index (χ2v) is 7.38. The molecule has 0 saturated carbocycles. The monoisotopic (exact) mass is 467 g/mol. The van der Waals surface area contributed by atoms with Gasteiger partial charge >= 0.3 is 11.8 Å². The first-order chi connectivity index (χ1) is 14.5. The predicted octanol–water partition coefficient (Wildman–Crippen LogP) is 3.93. The highest BCUT2D eigenvalue weighted by molar-refractivity contribution is 9.10. The molecule has 0 aliphatic rings. The van der Waals surface area contributed by atoms with Crippen molar-refractivity contribution in [2.24, 2.45) is 0 Å². The Hall–Kier alpha value is -3.46. The highest BCUT2D eigenvalue weighted by Crippen LogP contribution is 2.22. The number of carbonyl (C=O) groups is 1. The van der Waals surface area contributed by atoms with Crippen molar-refractivity contribution in [3.05, 3.63) is 76.3 Å². The molecule has 152 valence electrons. The fourth-order valence-corrected chi connectivity index (χ4v) is 3.20. The molecule has 2 aromatic carbocycles. The molecular formula is C21H18BrN5O3. The van der Waals surface area contributed by atoms with Crippen molar-refractivity contribution in [1.29, 1.82) is 0 Å². The summed E-state index contributed by atoms with van der Waals surface area (Å²) in [6.45, 7) is 2.13. The molecule has 30 heavy (non-hydrogen) atoms. The number of para-hydroxylation sites is 1. The number of benzene rings is 2. The molecule has 2 aromatic heterocycles. The van der Waals surface area contributed by atoms with Crippen molar-refractivity contribution in [2.75, 3.05) is 7.11 Å². The summed E-state index contributed by atoms with van der Waals surface area (Å²) in [6, 6.07) is 15.2. The van der Waals surface area contributed by atoms with Crippen LogP contribution in [0, 0.1) is 6.92 Å². The number of amides is 1. The Morgan fingerprint density at radius 3 is 2.73 bits per heavy atom. The number of hydrogen-bond acceptors (Lipinski definition) is 6. The largest absolute Gasteiger partial charge is 0.496 e. The van der Waals surface area contributed by atoms with Crippen LogP contribution in [-0.2, 0) is 6.54 Å². The van der Waals surface area contributed by atoms with E-state index in [9.17, 15) is 4.79 Å². The molecular weight excluding hydrogens is 450 g/mol. The quantitative estimate of drug-likeness (QED) is 0.461. The number of ether oxygens (including phenoxy) is 1. The summed E-state index contributed by atoms with van der Waals surface area (Å²) < 4.78 is 13.2. The molecule has 0 bridgehead atoms. The molecule has 1 amide bonds. The smallest absolute Gasteiger partial charge is 0.316 e. The maximum Gasteiger partial charge on any atom is 0.316 e. The van der Waals surface area contributed by atoms with Gasteiger partial charge in [-0.05, 0) is 37.3 Å².